The molecule has 1 rings (SSSR count). The largest absolute Gasteiger partial charge is 0.480 e. The number of aromatic nitrogens is 2. The maximum absolute atomic E-state index is 11.2. The highest BCUT2D eigenvalue weighted by Gasteiger charge is 2.19. The molecule has 0 saturated heterocycles. The van der Waals surface area contributed by atoms with Crippen molar-refractivity contribution < 1.29 is 19.4 Å². The average molecular weight is 267 g/mol. The normalized spacial score (nSPS) is 12.0. The van der Waals surface area contributed by atoms with Crippen LogP contribution in [0.25, 0.3) is 0 Å². The minimum Gasteiger partial charge on any atom is -0.480 e. The Morgan fingerprint density at radius 2 is 2.05 bits per heavy atom. The first-order valence-electron chi connectivity index (χ1n) is 5.85. The number of carbonyl (C=O) groups excluding carboxylic acids is 1. The van der Waals surface area contributed by atoms with Gasteiger partial charge in [0.05, 0.1) is 7.11 Å². The monoisotopic (exact) mass is 267 g/mol. The van der Waals surface area contributed by atoms with Crippen molar-refractivity contribution in [2.75, 3.05) is 12.4 Å². The van der Waals surface area contributed by atoms with Gasteiger partial charge in [-0.3, -0.25) is 0 Å². The molecule has 1 aromatic rings. The Morgan fingerprint density at radius 1 is 1.37 bits per heavy atom. The highest BCUT2D eigenvalue weighted by Crippen LogP contribution is 2.11. The molecule has 1 heterocycles. The van der Waals surface area contributed by atoms with E-state index in [0.29, 0.717) is 12.2 Å². The molecule has 7 nitrogen and oxygen atoms in total. The number of rotatable bonds is 6. The predicted molar refractivity (Wildman–Crippen MR) is 67.9 cm³/mol. The molecule has 1 aromatic heterocycles. The second-order valence-corrected chi connectivity index (χ2v) is 4.46. The van der Waals surface area contributed by atoms with Gasteiger partial charge in [-0.05, 0) is 24.5 Å². The van der Waals surface area contributed by atoms with E-state index in [-0.39, 0.29) is 11.6 Å². The predicted octanol–water partition coefficient (Wildman–Crippen LogP) is 1.17. The van der Waals surface area contributed by atoms with Crippen LogP contribution in [-0.4, -0.2) is 40.4 Å². The third kappa shape index (κ3) is 4.53. The molecule has 7 heteroatoms. The molecular weight excluding hydrogens is 250 g/mol. The number of nitrogens with zero attached hydrogens (tertiary/aromatic N) is 2. The minimum absolute atomic E-state index is 0.0729. The van der Waals surface area contributed by atoms with Crippen LogP contribution in [0.3, 0.4) is 0 Å². The van der Waals surface area contributed by atoms with Gasteiger partial charge in [-0.25, -0.2) is 9.59 Å². The van der Waals surface area contributed by atoms with E-state index in [1.807, 2.05) is 13.8 Å². The first-order valence-corrected chi connectivity index (χ1v) is 5.85. The van der Waals surface area contributed by atoms with Crippen molar-refractivity contribution in [3.05, 3.63) is 17.8 Å². The highest BCUT2D eigenvalue weighted by molar-refractivity contribution is 5.87. The third-order valence-electron chi connectivity index (χ3n) is 2.39. The number of carbonyl (C=O) groups is 2. The Bertz CT molecular complexity index is 445. The molecule has 1 atom stereocenters. The van der Waals surface area contributed by atoms with Crippen molar-refractivity contribution in [1.29, 1.82) is 0 Å². The summed E-state index contributed by atoms with van der Waals surface area (Å²) >= 11 is 0. The van der Waals surface area contributed by atoms with Gasteiger partial charge in [0.2, 0.25) is 0 Å². The van der Waals surface area contributed by atoms with Crippen LogP contribution in [0.15, 0.2) is 12.1 Å². The molecule has 0 aliphatic carbocycles. The van der Waals surface area contributed by atoms with Crippen LogP contribution >= 0.6 is 0 Å². The van der Waals surface area contributed by atoms with Gasteiger partial charge in [-0.15, -0.1) is 10.2 Å². The van der Waals surface area contributed by atoms with E-state index in [0.717, 1.165) is 0 Å². The van der Waals surface area contributed by atoms with Gasteiger partial charge in [-0.2, -0.15) is 0 Å². The van der Waals surface area contributed by atoms with E-state index in [1.54, 1.807) is 0 Å². The number of carboxylic acids is 1. The van der Waals surface area contributed by atoms with Crippen LogP contribution < -0.4 is 5.32 Å². The van der Waals surface area contributed by atoms with Gasteiger partial charge < -0.3 is 15.2 Å². The SMILES string of the molecule is COC(=O)c1ccc(NC(CC(C)C)C(=O)O)nn1. The van der Waals surface area contributed by atoms with E-state index in [2.05, 4.69) is 20.3 Å². The van der Waals surface area contributed by atoms with Crippen LogP contribution in [-0.2, 0) is 9.53 Å². The van der Waals surface area contributed by atoms with Crippen molar-refractivity contribution in [2.24, 2.45) is 5.92 Å². The van der Waals surface area contributed by atoms with Gasteiger partial charge in [0.1, 0.15) is 11.9 Å². The third-order valence-corrected chi connectivity index (χ3v) is 2.39. The summed E-state index contributed by atoms with van der Waals surface area (Å²) in [7, 11) is 1.25. The van der Waals surface area contributed by atoms with E-state index >= 15 is 0 Å². The molecule has 0 spiro atoms. The first-order chi connectivity index (χ1) is 8.93. The highest BCUT2D eigenvalue weighted by atomic mass is 16.5. The molecule has 0 aliphatic heterocycles. The zero-order chi connectivity index (χ0) is 14.4. The lowest BCUT2D eigenvalue weighted by molar-refractivity contribution is -0.138. The lowest BCUT2D eigenvalue weighted by Crippen LogP contribution is -2.31. The van der Waals surface area contributed by atoms with Gasteiger partial charge in [0.25, 0.3) is 0 Å². The zero-order valence-electron chi connectivity index (χ0n) is 11.1. The number of hydrogen-bond donors (Lipinski definition) is 2. The lowest BCUT2D eigenvalue weighted by Gasteiger charge is -2.16. The van der Waals surface area contributed by atoms with E-state index in [1.165, 1.54) is 19.2 Å². The second kappa shape index (κ2) is 6.67. The summed E-state index contributed by atoms with van der Waals surface area (Å²) in [6.07, 6.45) is 0.468. The van der Waals surface area contributed by atoms with Crippen molar-refractivity contribution in [3.63, 3.8) is 0 Å². The van der Waals surface area contributed by atoms with Crippen molar-refractivity contribution in [1.82, 2.24) is 10.2 Å². The quantitative estimate of drug-likeness (QED) is 0.746. The zero-order valence-corrected chi connectivity index (χ0v) is 11.1. The topological polar surface area (TPSA) is 101 Å². The minimum atomic E-state index is -0.951. The maximum Gasteiger partial charge on any atom is 0.358 e. The number of esters is 1. The molecule has 0 saturated carbocycles. The van der Waals surface area contributed by atoms with Gasteiger partial charge in [-0.1, -0.05) is 13.8 Å². The van der Waals surface area contributed by atoms with Crippen LogP contribution in [0.4, 0.5) is 5.82 Å². The summed E-state index contributed by atoms with van der Waals surface area (Å²) in [5.74, 6) is -1.000. The first kappa shape index (κ1) is 14.9. The summed E-state index contributed by atoms with van der Waals surface area (Å²) in [5.41, 5.74) is 0.0729. The van der Waals surface area contributed by atoms with Crippen molar-refractivity contribution in [3.8, 4) is 0 Å². The summed E-state index contributed by atoms with van der Waals surface area (Å²) in [6.45, 7) is 3.87. The van der Waals surface area contributed by atoms with Crippen molar-refractivity contribution >= 4 is 17.8 Å². The number of anilines is 1. The lowest BCUT2D eigenvalue weighted by atomic mass is 10.0. The molecule has 0 aliphatic rings. The Labute approximate surface area is 111 Å². The standard InChI is InChI=1S/C12H17N3O4/c1-7(2)6-9(11(16)17)13-10-5-4-8(14-15-10)12(18)19-3/h4-5,7,9H,6H2,1-3H3,(H,13,15)(H,16,17). The fourth-order valence-electron chi connectivity index (χ4n) is 1.49. The van der Waals surface area contributed by atoms with Crippen LogP contribution in [0.2, 0.25) is 0 Å². The Kier molecular flexibility index (Phi) is 5.23. The van der Waals surface area contributed by atoms with Gasteiger partial charge >= 0.3 is 11.9 Å². The van der Waals surface area contributed by atoms with Gasteiger partial charge in [0.15, 0.2) is 5.69 Å². The fourth-order valence-corrected chi connectivity index (χ4v) is 1.49. The Hall–Kier alpha value is -2.18. The summed E-state index contributed by atoms with van der Waals surface area (Å²) in [6, 6.07) is 2.18. The van der Waals surface area contributed by atoms with E-state index < -0.39 is 18.0 Å². The molecule has 0 bridgehead atoms. The number of carboxylic acid groups (broad SMARTS) is 1. The molecule has 2 N–H and O–H groups in total. The molecular formula is C12H17N3O4. The number of ether oxygens (including phenoxy) is 1. The van der Waals surface area contributed by atoms with Crippen LogP contribution in [0.5, 0.6) is 0 Å². The summed E-state index contributed by atoms with van der Waals surface area (Å²) in [4.78, 5) is 22.2. The molecule has 0 radical (unpaired) electrons. The molecule has 0 amide bonds. The Balaban J connectivity index is 2.75. The number of aliphatic carboxylic acids is 1. The van der Waals surface area contributed by atoms with Crippen molar-refractivity contribution in [2.45, 2.75) is 26.3 Å². The summed E-state index contributed by atoms with van der Waals surface area (Å²) in [5, 5.41) is 19.3. The fraction of sp³-hybridized carbons (Fsp3) is 0.500. The van der Waals surface area contributed by atoms with Gasteiger partial charge in [0, 0.05) is 0 Å². The molecule has 104 valence electrons. The molecule has 0 aromatic carbocycles. The van der Waals surface area contributed by atoms with Crippen LogP contribution in [0.1, 0.15) is 30.8 Å². The molecule has 1 unspecified atom stereocenters. The van der Waals surface area contributed by atoms with E-state index in [9.17, 15) is 9.59 Å². The van der Waals surface area contributed by atoms with Crippen LogP contribution in [0, 0.1) is 5.92 Å². The number of hydrogen-bond acceptors (Lipinski definition) is 6. The number of methoxy groups -OCH3 is 1. The molecule has 19 heavy (non-hydrogen) atoms. The number of nitrogens with one attached hydrogen (secondary N) is 1. The van der Waals surface area contributed by atoms with E-state index in [4.69, 9.17) is 5.11 Å². The summed E-state index contributed by atoms with van der Waals surface area (Å²) < 4.78 is 4.49. The molecule has 0 fully saturated rings. The maximum atomic E-state index is 11.2. The smallest absolute Gasteiger partial charge is 0.358 e. The second-order valence-electron chi connectivity index (χ2n) is 4.46. The Morgan fingerprint density at radius 3 is 2.47 bits per heavy atom. The average Bonchev–Trinajstić information content (AvgIpc) is 2.37.